The first kappa shape index (κ1) is 13.8. The van der Waals surface area contributed by atoms with Crippen LogP contribution in [0.25, 0.3) is 10.8 Å². The third kappa shape index (κ3) is 3.11. The van der Waals surface area contributed by atoms with Crippen LogP contribution in [0, 0.1) is 5.92 Å². The molecule has 0 bridgehead atoms. The molecule has 2 aromatic rings. The summed E-state index contributed by atoms with van der Waals surface area (Å²) in [4.78, 5) is 6.86. The lowest BCUT2D eigenvalue weighted by Gasteiger charge is -2.22. The smallest absolute Gasteiger partial charge is 0.162 e. The second-order valence-corrected chi connectivity index (χ2v) is 6.43. The Bertz CT molecular complexity index is 538. The standard InChI is InChI=1S/C15H20N2O2S/c1-17(8-11-4-2-5-13(11)18)9-12-10-20-15(16-12)14-6-3-7-19-14/h3,6-7,10-11,13,18H,2,4-5,8-9H2,1H3. The Morgan fingerprint density at radius 3 is 3.10 bits per heavy atom. The second-order valence-electron chi connectivity index (χ2n) is 5.58. The topological polar surface area (TPSA) is 49.5 Å². The predicted octanol–water partition coefficient (Wildman–Crippen LogP) is 3.00. The lowest BCUT2D eigenvalue weighted by atomic mass is 10.1. The molecule has 0 aliphatic heterocycles. The van der Waals surface area contributed by atoms with Crippen molar-refractivity contribution in [3.8, 4) is 10.8 Å². The average Bonchev–Trinajstić information content (AvgIpc) is 3.12. The molecule has 2 unspecified atom stereocenters. The van der Waals surface area contributed by atoms with Gasteiger partial charge in [0.2, 0.25) is 0 Å². The van der Waals surface area contributed by atoms with Crippen LogP contribution in [0.1, 0.15) is 25.0 Å². The van der Waals surface area contributed by atoms with E-state index in [-0.39, 0.29) is 6.10 Å². The maximum Gasteiger partial charge on any atom is 0.162 e. The van der Waals surface area contributed by atoms with Crippen molar-refractivity contribution >= 4 is 11.3 Å². The summed E-state index contributed by atoms with van der Waals surface area (Å²) in [6.07, 6.45) is 4.80. The SMILES string of the molecule is CN(Cc1csc(-c2ccco2)n1)CC1CCCC1O. The fourth-order valence-corrected chi connectivity index (χ4v) is 3.64. The summed E-state index contributed by atoms with van der Waals surface area (Å²) in [5.41, 5.74) is 1.07. The highest BCUT2D eigenvalue weighted by atomic mass is 32.1. The zero-order chi connectivity index (χ0) is 13.9. The van der Waals surface area contributed by atoms with Gasteiger partial charge in [-0.3, -0.25) is 0 Å². The number of furan rings is 1. The van der Waals surface area contributed by atoms with Crippen LogP contribution in [-0.4, -0.2) is 34.7 Å². The first-order chi connectivity index (χ1) is 9.72. The van der Waals surface area contributed by atoms with E-state index in [2.05, 4.69) is 22.3 Å². The first-order valence-electron chi connectivity index (χ1n) is 7.07. The van der Waals surface area contributed by atoms with Gasteiger partial charge in [-0.1, -0.05) is 6.42 Å². The third-order valence-electron chi connectivity index (χ3n) is 3.88. The Morgan fingerprint density at radius 1 is 1.50 bits per heavy atom. The van der Waals surface area contributed by atoms with Crippen molar-refractivity contribution in [1.82, 2.24) is 9.88 Å². The van der Waals surface area contributed by atoms with E-state index in [0.29, 0.717) is 5.92 Å². The van der Waals surface area contributed by atoms with E-state index in [9.17, 15) is 5.11 Å². The fraction of sp³-hybridized carbons (Fsp3) is 0.533. The predicted molar refractivity (Wildman–Crippen MR) is 79.5 cm³/mol. The first-order valence-corrected chi connectivity index (χ1v) is 7.95. The molecular formula is C15H20N2O2S. The largest absolute Gasteiger partial charge is 0.462 e. The van der Waals surface area contributed by atoms with Gasteiger partial charge in [0.15, 0.2) is 10.8 Å². The van der Waals surface area contributed by atoms with Crippen LogP contribution >= 0.6 is 11.3 Å². The summed E-state index contributed by atoms with van der Waals surface area (Å²) >= 11 is 1.61. The number of aliphatic hydroxyl groups excluding tert-OH is 1. The van der Waals surface area contributed by atoms with Crippen LogP contribution in [0.5, 0.6) is 0 Å². The summed E-state index contributed by atoms with van der Waals surface area (Å²) < 4.78 is 5.36. The van der Waals surface area contributed by atoms with Crippen molar-refractivity contribution < 1.29 is 9.52 Å². The fourth-order valence-electron chi connectivity index (χ4n) is 2.86. The van der Waals surface area contributed by atoms with Gasteiger partial charge >= 0.3 is 0 Å². The summed E-state index contributed by atoms with van der Waals surface area (Å²) in [6.45, 7) is 1.76. The van der Waals surface area contributed by atoms with Crippen LogP contribution in [0.2, 0.25) is 0 Å². The zero-order valence-electron chi connectivity index (χ0n) is 11.7. The van der Waals surface area contributed by atoms with Crippen LogP contribution in [0.3, 0.4) is 0 Å². The molecule has 2 atom stereocenters. The Balaban J connectivity index is 1.57. The number of hydrogen-bond acceptors (Lipinski definition) is 5. The summed E-state index contributed by atoms with van der Waals surface area (Å²) in [5, 5.41) is 12.9. The van der Waals surface area contributed by atoms with Crippen molar-refractivity contribution in [2.45, 2.75) is 31.9 Å². The molecule has 1 aliphatic carbocycles. The molecule has 5 heteroatoms. The zero-order valence-corrected chi connectivity index (χ0v) is 12.5. The van der Waals surface area contributed by atoms with Gasteiger partial charge in [-0.15, -0.1) is 11.3 Å². The summed E-state index contributed by atoms with van der Waals surface area (Å²) in [6, 6.07) is 3.81. The Morgan fingerprint density at radius 2 is 2.40 bits per heavy atom. The van der Waals surface area contributed by atoms with Gasteiger partial charge in [-0.25, -0.2) is 4.98 Å². The third-order valence-corrected chi connectivity index (χ3v) is 4.79. The Hall–Kier alpha value is -1.17. The monoisotopic (exact) mass is 292 g/mol. The number of aliphatic hydroxyl groups is 1. The van der Waals surface area contributed by atoms with Crippen molar-refractivity contribution in [2.24, 2.45) is 5.92 Å². The van der Waals surface area contributed by atoms with E-state index in [1.165, 1.54) is 0 Å². The van der Waals surface area contributed by atoms with E-state index >= 15 is 0 Å². The normalized spacial score (nSPS) is 22.8. The molecule has 20 heavy (non-hydrogen) atoms. The molecule has 0 aromatic carbocycles. The van der Waals surface area contributed by atoms with E-state index in [4.69, 9.17) is 4.42 Å². The van der Waals surface area contributed by atoms with Gasteiger partial charge in [0, 0.05) is 18.5 Å². The van der Waals surface area contributed by atoms with Crippen LogP contribution < -0.4 is 0 Å². The molecule has 0 saturated heterocycles. The summed E-state index contributed by atoms with van der Waals surface area (Å²) in [7, 11) is 2.09. The molecule has 1 fully saturated rings. The van der Waals surface area contributed by atoms with Gasteiger partial charge in [0.1, 0.15) is 0 Å². The van der Waals surface area contributed by atoms with Gasteiger partial charge in [0.05, 0.1) is 18.1 Å². The van der Waals surface area contributed by atoms with E-state index in [1.807, 2.05) is 12.1 Å². The minimum Gasteiger partial charge on any atom is -0.462 e. The maximum atomic E-state index is 9.88. The molecule has 2 aromatic heterocycles. The van der Waals surface area contributed by atoms with E-state index in [1.54, 1.807) is 17.6 Å². The van der Waals surface area contributed by atoms with E-state index in [0.717, 1.165) is 48.8 Å². The lowest BCUT2D eigenvalue weighted by molar-refractivity contribution is 0.107. The van der Waals surface area contributed by atoms with Crippen LogP contribution in [-0.2, 0) is 6.54 Å². The van der Waals surface area contributed by atoms with Crippen molar-refractivity contribution in [1.29, 1.82) is 0 Å². The molecule has 3 rings (SSSR count). The van der Waals surface area contributed by atoms with Crippen molar-refractivity contribution in [3.05, 3.63) is 29.5 Å². The Kier molecular flexibility index (Phi) is 4.19. The number of thiazole rings is 1. The molecule has 0 spiro atoms. The number of rotatable bonds is 5. The lowest BCUT2D eigenvalue weighted by Crippen LogP contribution is -2.29. The van der Waals surface area contributed by atoms with Crippen LogP contribution in [0.15, 0.2) is 28.2 Å². The second kappa shape index (κ2) is 6.08. The molecule has 1 aliphatic rings. The van der Waals surface area contributed by atoms with Gasteiger partial charge in [0.25, 0.3) is 0 Å². The van der Waals surface area contributed by atoms with Gasteiger partial charge < -0.3 is 14.4 Å². The highest BCUT2D eigenvalue weighted by Crippen LogP contribution is 2.27. The molecular weight excluding hydrogens is 272 g/mol. The molecule has 0 radical (unpaired) electrons. The molecule has 1 saturated carbocycles. The van der Waals surface area contributed by atoms with Crippen molar-refractivity contribution in [2.75, 3.05) is 13.6 Å². The van der Waals surface area contributed by atoms with E-state index < -0.39 is 0 Å². The molecule has 108 valence electrons. The number of aromatic nitrogens is 1. The quantitative estimate of drug-likeness (QED) is 0.920. The minimum absolute atomic E-state index is 0.119. The average molecular weight is 292 g/mol. The molecule has 1 N–H and O–H groups in total. The number of nitrogens with zero attached hydrogens (tertiary/aromatic N) is 2. The molecule has 0 amide bonds. The minimum atomic E-state index is -0.119. The van der Waals surface area contributed by atoms with Gasteiger partial charge in [-0.2, -0.15) is 0 Å². The van der Waals surface area contributed by atoms with Crippen molar-refractivity contribution in [3.63, 3.8) is 0 Å². The highest BCUT2D eigenvalue weighted by Gasteiger charge is 2.26. The van der Waals surface area contributed by atoms with Crippen LogP contribution in [0.4, 0.5) is 0 Å². The van der Waals surface area contributed by atoms with Gasteiger partial charge in [-0.05, 0) is 37.9 Å². The molecule has 4 nitrogen and oxygen atoms in total. The number of hydrogen-bond donors (Lipinski definition) is 1. The molecule has 2 heterocycles. The summed E-state index contributed by atoms with van der Waals surface area (Å²) in [5.74, 6) is 1.25. The Labute approximate surface area is 123 Å². The maximum absolute atomic E-state index is 9.88. The highest BCUT2D eigenvalue weighted by molar-refractivity contribution is 7.13.